The monoisotopic (exact) mass is 377 g/mol. The molecule has 2 atom stereocenters. The highest BCUT2D eigenvalue weighted by Gasteiger charge is 2.30. The minimum atomic E-state index is 0.0498. The fraction of sp³-hybridized carbons (Fsp3) is 0.409. The molecule has 1 aliphatic heterocycles. The number of pyridine rings is 1. The van der Waals surface area contributed by atoms with Gasteiger partial charge in [0.05, 0.1) is 22.8 Å². The fourth-order valence-electron chi connectivity index (χ4n) is 3.83. The van der Waals surface area contributed by atoms with Crippen LogP contribution in [0.5, 0.6) is 0 Å². The second kappa shape index (κ2) is 7.36. The molecule has 1 N–H and O–H groups in total. The molecule has 146 valence electrons. The number of amides is 1. The van der Waals surface area contributed by atoms with Gasteiger partial charge in [0.2, 0.25) is 0 Å². The normalized spacial score (nSPS) is 20.1. The topological polar surface area (TPSA) is 63.1 Å². The van der Waals surface area contributed by atoms with Crippen molar-refractivity contribution < 1.29 is 4.79 Å². The molecular weight excluding hydrogens is 350 g/mol. The van der Waals surface area contributed by atoms with Gasteiger partial charge in [-0.1, -0.05) is 30.3 Å². The van der Waals surface area contributed by atoms with Crippen LogP contribution in [0.2, 0.25) is 0 Å². The zero-order valence-corrected chi connectivity index (χ0v) is 16.9. The summed E-state index contributed by atoms with van der Waals surface area (Å²) < 4.78 is 1.89. The van der Waals surface area contributed by atoms with Crippen molar-refractivity contribution in [3.63, 3.8) is 0 Å². The Labute approximate surface area is 165 Å². The third kappa shape index (κ3) is 3.18. The van der Waals surface area contributed by atoms with Gasteiger partial charge in [-0.15, -0.1) is 0 Å². The van der Waals surface area contributed by atoms with Crippen molar-refractivity contribution in [1.82, 2.24) is 25.0 Å². The lowest BCUT2D eigenvalue weighted by Gasteiger charge is -2.38. The van der Waals surface area contributed by atoms with Crippen LogP contribution in [-0.4, -0.2) is 50.7 Å². The number of fused-ring (bicyclic) bond motifs is 1. The number of hydrogen-bond donors (Lipinski definition) is 1. The zero-order chi connectivity index (χ0) is 19.8. The minimum Gasteiger partial charge on any atom is -0.333 e. The Morgan fingerprint density at radius 1 is 1.21 bits per heavy atom. The van der Waals surface area contributed by atoms with Gasteiger partial charge in [0.15, 0.2) is 5.65 Å². The second-order valence-electron chi connectivity index (χ2n) is 7.82. The molecule has 0 bridgehead atoms. The van der Waals surface area contributed by atoms with Gasteiger partial charge < -0.3 is 10.2 Å². The lowest BCUT2D eigenvalue weighted by molar-refractivity contribution is 0.0605. The van der Waals surface area contributed by atoms with Crippen LogP contribution < -0.4 is 5.32 Å². The molecule has 0 radical (unpaired) electrons. The second-order valence-corrected chi connectivity index (χ2v) is 7.82. The van der Waals surface area contributed by atoms with E-state index in [0.717, 1.165) is 28.8 Å². The summed E-state index contributed by atoms with van der Waals surface area (Å²) in [5.41, 5.74) is 3.23. The highest BCUT2D eigenvalue weighted by atomic mass is 16.2. The van der Waals surface area contributed by atoms with Crippen LogP contribution in [0.4, 0.5) is 0 Å². The van der Waals surface area contributed by atoms with Crippen LogP contribution in [0.3, 0.4) is 0 Å². The smallest absolute Gasteiger partial charge is 0.255 e. The molecule has 1 saturated heterocycles. The largest absolute Gasteiger partial charge is 0.333 e. The highest BCUT2D eigenvalue weighted by molar-refractivity contribution is 6.06. The van der Waals surface area contributed by atoms with E-state index >= 15 is 0 Å². The van der Waals surface area contributed by atoms with E-state index in [0.29, 0.717) is 12.1 Å². The molecule has 2 aromatic heterocycles. The first kappa shape index (κ1) is 18.6. The number of nitrogens with one attached hydrogen (secondary N) is 1. The van der Waals surface area contributed by atoms with Crippen LogP contribution in [0, 0.1) is 0 Å². The van der Waals surface area contributed by atoms with Crippen LogP contribution in [0.25, 0.3) is 22.3 Å². The minimum absolute atomic E-state index is 0.0498. The maximum absolute atomic E-state index is 13.6. The van der Waals surface area contributed by atoms with Crippen LogP contribution in [0.1, 0.15) is 44.1 Å². The molecule has 3 aromatic rings. The van der Waals surface area contributed by atoms with Crippen molar-refractivity contribution in [2.75, 3.05) is 13.1 Å². The molecule has 1 aromatic carbocycles. The van der Waals surface area contributed by atoms with Gasteiger partial charge in [-0.25, -0.2) is 9.67 Å². The Morgan fingerprint density at radius 2 is 1.96 bits per heavy atom. The van der Waals surface area contributed by atoms with Crippen molar-refractivity contribution in [1.29, 1.82) is 0 Å². The Balaban J connectivity index is 1.88. The van der Waals surface area contributed by atoms with Crippen molar-refractivity contribution in [3.05, 3.63) is 48.2 Å². The van der Waals surface area contributed by atoms with Crippen molar-refractivity contribution in [2.24, 2.45) is 0 Å². The molecule has 6 heteroatoms. The molecule has 1 fully saturated rings. The van der Waals surface area contributed by atoms with Gasteiger partial charge >= 0.3 is 0 Å². The molecule has 4 rings (SSSR count). The van der Waals surface area contributed by atoms with E-state index in [1.54, 1.807) is 6.20 Å². The quantitative estimate of drug-likeness (QED) is 0.759. The van der Waals surface area contributed by atoms with E-state index in [-0.39, 0.29) is 24.0 Å². The van der Waals surface area contributed by atoms with Crippen LogP contribution in [0.15, 0.2) is 42.6 Å². The molecule has 6 nitrogen and oxygen atoms in total. The predicted octanol–water partition coefficient (Wildman–Crippen LogP) is 3.50. The average Bonchev–Trinajstić information content (AvgIpc) is 3.14. The summed E-state index contributed by atoms with van der Waals surface area (Å²) in [5.74, 6) is 0.0498. The third-order valence-corrected chi connectivity index (χ3v) is 5.65. The number of benzene rings is 1. The predicted molar refractivity (Wildman–Crippen MR) is 111 cm³/mol. The molecule has 3 heterocycles. The van der Waals surface area contributed by atoms with Crippen LogP contribution >= 0.6 is 0 Å². The highest BCUT2D eigenvalue weighted by Crippen LogP contribution is 2.28. The number of nitrogens with zero attached hydrogens (tertiary/aromatic N) is 4. The summed E-state index contributed by atoms with van der Waals surface area (Å²) >= 11 is 0. The summed E-state index contributed by atoms with van der Waals surface area (Å²) in [7, 11) is 0. The van der Waals surface area contributed by atoms with Crippen molar-refractivity contribution in [3.8, 4) is 11.3 Å². The lowest BCUT2D eigenvalue weighted by Crippen LogP contribution is -2.57. The summed E-state index contributed by atoms with van der Waals surface area (Å²) in [6.07, 6.45) is 1.78. The Morgan fingerprint density at radius 3 is 2.68 bits per heavy atom. The molecule has 0 saturated carbocycles. The van der Waals surface area contributed by atoms with Crippen LogP contribution in [-0.2, 0) is 0 Å². The Hall–Kier alpha value is -2.73. The molecule has 28 heavy (non-hydrogen) atoms. The first-order valence-electron chi connectivity index (χ1n) is 9.95. The molecule has 0 aliphatic carbocycles. The van der Waals surface area contributed by atoms with E-state index in [9.17, 15) is 4.79 Å². The van der Waals surface area contributed by atoms with E-state index in [1.807, 2.05) is 46.0 Å². The zero-order valence-electron chi connectivity index (χ0n) is 16.9. The summed E-state index contributed by atoms with van der Waals surface area (Å²) in [6.45, 7) is 9.88. The van der Waals surface area contributed by atoms with Gasteiger partial charge in [0, 0.05) is 36.8 Å². The Kier molecular flexibility index (Phi) is 4.89. The fourth-order valence-corrected chi connectivity index (χ4v) is 3.83. The number of hydrogen-bond acceptors (Lipinski definition) is 4. The number of carbonyl (C=O) groups is 1. The van der Waals surface area contributed by atoms with Gasteiger partial charge in [-0.05, 0) is 33.8 Å². The summed E-state index contributed by atoms with van der Waals surface area (Å²) in [6, 6.07) is 12.5. The average molecular weight is 377 g/mol. The van der Waals surface area contributed by atoms with E-state index < -0.39 is 0 Å². The van der Waals surface area contributed by atoms with Gasteiger partial charge in [-0.3, -0.25) is 4.79 Å². The SMILES string of the molecule is CC1NCCN(C(=O)c2cc(-c3ccccc3)nc3c2cnn3C(C)C)C1C. The van der Waals surface area contributed by atoms with E-state index in [1.165, 1.54) is 0 Å². The first-order valence-corrected chi connectivity index (χ1v) is 9.95. The van der Waals surface area contributed by atoms with Crippen molar-refractivity contribution >= 4 is 16.9 Å². The van der Waals surface area contributed by atoms with Crippen molar-refractivity contribution in [2.45, 2.75) is 45.8 Å². The standard InChI is InChI=1S/C22H27N5O/c1-14(2)27-21-19(13-24-27)18(12-20(25-21)17-8-6-5-7-9-17)22(28)26-11-10-23-15(3)16(26)4/h5-9,12-16,23H,10-11H2,1-4H3. The molecule has 0 spiro atoms. The maximum Gasteiger partial charge on any atom is 0.255 e. The first-order chi connectivity index (χ1) is 13.5. The van der Waals surface area contributed by atoms with Gasteiger partial charge in [0.1, 0.15) is 0 Å². The number of carbonyl (C=O) groups excluding carboxylic acids is 1. The Bertz CT molecular complexity index is 995. The third-order valence-electron chi connectivity index (χ3n) is 5.65. The maximum atomic E-state index is 13.6. The number of rotatable bonds is 3. The molecule has 1 aliphatic rings. The lowest BCUT2D eigenvalue weighted by atomic mass is 10.0. The molecular formula is C22H27N5O. The number of piperazine rings is 1. The van der Waals surface area contributed by atoms with E-state index in [4.69, 9.17) is 4.98 Å². The van der Waals surface area contributed by atoms with Gasteiger partial charge in [0.25, 0.3) is 5.91 Å². The summed E-state index contributed by atoms with van der Waals surface area (Å²) in [4.78, 5) is 20.4. The molecule has 1 amide bonds. The number of aromatic nitrogens is 3. The summed E-state index contributed by atoms with van der Waals surface area (Å²) in [5, 5.41) is 8.78. The van der Waals surface area contributed by atoms with Gasteiger partial charge in [-0.2, -0.15) is 5.10 Å². The van der Waals surface area contributed by atoms with E-state index in [2.05, 4.69) is 38.1 Å². The molecule has 2 unspecified atom stereocenters.